The third-order valence-electron chi connectivity index (χ3n) is 1.90. The maximum atomic E-state index is 5.24. The van der Waals surface area contributed by atoms with Crippen LogP contribution >= 0.6 is 0 Å². The summed E-state index contributed by atoms with van der Waals surface area (Å²) >= 11 is 0. The van der Waals surface area contributed by atoms with Crippen molar-refractivity contribution >= 4 is 0 Å². The zero-order valence-corrected chi connectivity index (χ0v) is 7.92. The molecule has 0 saturated heterocycles. The standard InChI is InChI=1S/C10H17NO/c1-3-4-7-11(2)9-10-6-5-8-12-10/h5-6,8H,3-4,7,9H2,1-2H3. The number of hydrogen-bond donors (Lipinski definition) is 0. The molecule has 0 N–H and O–H groups in total. The van der Waals surface area contributed by atoms with E-state index in [0.29, 0.717) is 0 Å². The number of rotatable bonds is 5. The van der Waals surface area contributed by atoms with Gasteiger partial charge in [-0.2, -0.15) is 0 Å². The molecule has 0 amide bonds. The highest BCUT2D eigenvalue weighted by molar-refractivity contribution is 4.97. The Balaban J connectivity index is 2.22. The first-order chi connectivity index (χ1) is 5.83. The quantitative estimate of drug-likeness (QED) is 0.670. The van der Waals surface area contributed by atoms with E-state index in [-0.39, 0.29) is 0 Å². The van der Waals surface area contributed by atoms with Gasteiger partial charge in [0.15, 0.2) is 0 Å². The fraction of sp³-hybridized carbons (Fsp3) is 0.600. The monoisotopic (exact) mass is 167 g/mol. The predicted octanol–water partition coefficient (Wildman–Crippen LogP) is 2.51. The normalized spacial score (nSPS) is 10.9. The second-order valence-electron chi connectivity index (χ2n) is 3.17. The average Bonchev–Trinajstić information content (AvgIpc) is 2.53. The smallest absolute Gasteiger partial charge is 0.117 e. The minimum Gasteiger partial charge on any atom is -0.468 e. The summed E-state index contributed by atoms with van der Waals surface area (Å²) in [6.07, 6.45) is 4.24. The summed E-state index contributed by atoms with van der Waals surface area (Å²) in [4.78, 5) is 2.28. The topological polar surface area (TPSA) is 16.4 Å². The molecule has 12 heavy (non-hydrogen) atoms. The van der Waals surface area contributed by atoms with Gasteiger partial charge in [-0.15, -0.1) is 0 Å². The molecule has 0 unspecified atom stereocenters. The van der Waals surface area contributed by atoms with Crippen molar-refractivity contribution < 1.29 is 4.42 Å². The highest BCUT2D eigenvalue weighted by Crippen LogP contribution is 2.04. The summed E-state index contributed by atoms with van der Waals surface area (Å²) in [5.74, 6) is 1.05. The van der Waals surface area contributed by atoms with Crippen molar-refractivity contribution in [2.24, 2.45) is 0 Å². The summed E-state index contributed by atoms with van der Waals surface area (Å²) in [5, 5.41) is 0. The Morgan fingerprint density at radius 1 is 1.50 bits per heavy atom. The van der Waals surface area contributed by atoms with Crippen LogP contribution < -0.4 is 0 Å². The van der Waals surface area contributed by atoms with Gasteiger partial charge < -0.3 is 4.42 Å². The summed E-state index contributed by atoms with van der Waals surface area (Å²) < 4.78 is 5.24. The van der Waals surface area contributed by atoms with Crippen molar-refractivity contribution in [1.29, 1.82) is 0 Å². The van der Waals surface area contributed by atoms with Gasteiger partial charge in [0.25, 0.3) is 0 Å². The molecule has 0 aromatic carbocycles. The predicted molar refractivity (Wildman–Crippen MR) is 50.0 cm³/mol. The Bertz CT molecular complexity index is 194. The zero-order chi connectivity index (χ0) is 8.81. The Kier molecular flexibility index (Phi) is 3.88. The Labute approximate surface area is 74.2 Å². The van der Waals surface area contributed by atoms with Crippen LogP contribution in [0.3, 0.4) is 0 Å². The molecule has 1 rings (SSSR count). The SMILES string of the molecule is CCCCN(C)Cc1ccco1. The summed E-state index contributed by atoms with van der Waals surface area (Å²) in [5.41, 5.74) is 0. The van der Waals surface area contributed by atoms with Gasteiger partial charge in [0.1, 0.15) is 5.76 Å². The molecule has 0 fully saturated rings. The summed E-state index contributed by atoms with van der Waals surface area (Å²) in [6, 6.07) is 3.95. The highest BCUT2D eigenvalue weighted by atomic mass is 16.3. The molecule has 0 spiro atoms. The van der Waals surface area contributed by atoms with E-state index < -0.39 is 0 Å². The van der Waals surface area contributed by atoms with E-state index in [9.17, 15) is 0 Å². The van der Waals surface area contributed by atoms with Gasteiger partial charge in [-0.05, 0) is 32.1 Å². The van der Waals surface area contributed by atoms with Crippen LogP contribution in [0.1, 0.15) is 25.5 Å². The molecule has 2 heteroatoms. The molecule has 0 atom stereocenters. The van der Waals surface area contributed by atoms with Crippen LogP contribution in [0, 0.1) is 0 Å². The van der Waals surface area contributed by atoms with Crippen molar-refractivity contribution in [2.75, 3.05) is 13.6 Å². The number of unbranched alkanes of at least 4 members (excludes halogenated alkanes) is 1. The maximum Gasteiger partial charge on any atom is 0.117 e. The van der Waals surface area contributed by atoms with Crippen LogP contribution in [0.4, 0.5) is 0 Å². The van der Waals surface area contributed by atoms with Crippen LogP contribution in [0.15, 0.2) is 22.8 Å². The van der Waals surface area contributed by atoms with Gasteiger partial charge in [0.2, 0.25) is 0 Å². The first kappa shape index (κ1) is 9.33. The van der Waals surface area contributed by atoms with Crippen molar-refractivity contribution in [3.05, 3.63) is 24.2 Å². The highest BCUT2D eigenvalue weighted by Gasteiger charge is 2.00. The number of furan rings is 1. The Morgan fingerprint density at radius 2 is 2.33 bits per heavy atom. The maximum absolute atomic E-state index is 5.24. The molecule has 0 aliphatic carbocycles. The van der Waals surface area contributed by atoms with Crippen LogP contribution in [-0.2, 0) is 6.54 Å². The molecule has 0 saturated carbocycles. The van der Waals surface area contributed by atoms with E-state index in [1.54, 1.807) is 6.26 Å². The van der Waals surface area contributed by atoms with Crippen molar-refractivity contribution in [1.82, 2.24) is 4.90 Å². The van der Waals surface area contributed by atoms with Crippen LogP contribution in [0.25, 0.3) is 0 Å². The van der Waals surface area contributed by atoms with Gasteiger partial charge in [0.05, 0.1) is 12.8 Å². The summed E-state index contributed by atoms with van der Waals surface area (Å²) in [7, 11) is 2.12. The van der Waals surface area contributed by atoms with Crippen molar-refractivity contribution in [2.45, 2.75) is 26.3 Å². The van der Waals surface area contributed by atoms with E-state index in [1.165, 1.54) is 12.8 Å². The van der Waals surface area contributed by atoms with Crippen molar-refractivity contribution in [3.8, 4) is 0 Å². The van der Waals surface area contributed by atoms with Gasteiger partial charge in [-0.1, -0.05) is 13.3 Å². The lowest BCUT2D eigenvalue weighted by atomic mass is 10.3. The second kappa shape index (κ2) is 4.99. The van der Waals surface area contributed by atoms with E-state index in [0.717, 1.165) is 18.8 Å². The van der Waals surface area contributed by atoms with E-state index in [2.05, 4.69) is 18.9 Å². The molecular formula is C10H17NO. The first-order valence-corrected chi connectivity index (χ1v) is 4.54. The molecule has 0 radical (unpaired) electrons. The zero-order valence-electron chi connectivity index (χ0n) is 7.92. The lowest BCUT2D eigenvalue weighted by Crippen LogP contribution is -2.18. The van der Waals surface area contributed by atoms with E-state index in [1.807, 2.05) is 12.1 Å². The van der Waals surface area contributed by atoms with Gasteiger partial charge in [-0.3, -0.25) is 4.90 Å². The lowest BCUT2D eigenvalue weighted by molar-refractivity contribution is 0.290. The minimum atomic E-state index is 0.924. The molecule has 1 aromatic rings. The largest absolute Gasteiger partial charge is 0.468 e. The fourth-order valence-electron chi connectivity index (χ4n) is 1.18. The second-order valence-corrected chi connectivity index (χ2v) is 3.17. The third-order valence-corrected chi connectivity index (χ3v) is 1.90. The number of nitrogens with zero attached hydrogens (tertiary/aromatic N) is 1. The molecule has 2 nitrogen and oxygen atoms in total. The van der Waals surface area contributed by atoms with Crippen LogP contribution in [-0.4, -0.2) is 18.5 Å². The van der Waals surface area contributed by atoms with Crippen LogP contribution in [0.5, 0.6) is 0 Å². The number of hydrogen-bond acceptors (Lipinski definition) is 2. The van der Waals surface area contributed by atoms with E-state index in [4.69, 9.17) is 4.42 Å². The molecular weight excluding hydrogens is 150 g/mol. The molecule has 0 aliphatic rings. The van der Waals surface area contributed by atoms with Crippen LogP contribution in [0.2, 0.25) is 0 Å². The summed E-state index contributed by atoms with van der Waals surface area (Å²) in [6.45, 7) is 4.28. The molecule has 0 aliphatic heterocycles. The Hall–Kier alpha value is -0.760. The molecule has 68 valence electrons. The molecule has 1 aromatic heterocycles. The fourth-order valence-corrected chi connectivity index (χ4v) is 1.18. The lowest BCUT2D eigenvalue weighted by Gasteiger charge is -2.13. The van der Waals surface area contributed by atoms with E-state index >= 15 is 0 Å². The molecule has 0 bridgehead atoms. The third kappa shape index (κ3) is 3.09. The van der Waals surface area contributed by atoms with Gasteiger partial charge in [0, 0.05) is 0 Å². The first-order valence-electron chi connectivity index (χ1n) is 4.54. The van der Waals surface area contributed by atoms with Crippen molar-refractivity contribution in [3.63, 3.8) is 0 Å². The van der Waals surface area contributed by atoms with Gasteiger partial charge >= 0.3 is 0 Å². The molecule has 1 heterocycles. The minimum absolute atomic E-state index is 0.924. The average molecular weight is 167 g/mol. The Morgan fingerprint density at radius 3 is 2.92 bits per heavy atom. The van der Waals surface area contributed by atoms with Gasteiger partial charge in [-0.25, -0.2) is 0 Å².